The number of anilines is 3. The van der Waals surface area contributed by atoms with Crippen LogP contribution < -0.4 is 20.7 Å². The van der Waals surface area contributed by atoms with Crippen molar-refractivity contribution in [1.82, 2.24) is 5.32 Å². The zero-order valence-corrected chi connectivity index (χ0v) is 17.7. The maximum Gasteiger partial charge on any atom is 0.257 e. The van der Waals surface area contributed by atoms with Crippen LogP contribution in [-0.2, 0) is 0 Å². The number of carbonyl (C=O) groups excluding carboxylic acids is 1. The Bertz CT molecular complexity index is 958. The Morgan fingerprint density at radius 2 is 1.50 bits per heavy atom. The Balaban J connectivity index is 1.49. The first kappa shape index (κ1) is 21.3. The third-order valence-electron chi connectivity index (χ3n) is 4.32. The summed E-state index contributed by atoms with van der Waals surface area (Å²) in [6.07, 6.45) is 2.09. The molecule has 0 bridgehead atoms. The predicted octanol–water partition coefficient (Wildman–Crippen LogP) is 5.74. The van der Waals surface area contributed by atoms with E-state index < -0.39 is 0 Å². The molecule has 3 N–H and O–H groups in total. The summed E-state index contributed by atoms with van der Waals surface area (Å²) in [5, 5.41) is 9.28. The summed E-state index contributed by atoms with van der Waals surface area (Å²) in [5.41, 5.74) is 3.29. The van der Waals surface area contributed by atoms with Gasteiger partial charge in [0, 0.05) is 22.6 Å². The largest absolute Gasteiger partial charge is 0.494 e. The van der Waals surface area contributed by atoms with Gasteiger partial charge in [-0.25, -0.2) is 0 Å². The van der Waals surface area contributed by atoms with E-state index in [-0.39, 0.29) is 11.0 Å². The number of rotatable bonds is 8. The molecule has 0 fully saturated rings. The fraction of sp³-hybridized carbons (Fsp3) is 0.167. The van der Waals surface area contributed by atoms with Gasteiger partial charge in [0.25, 0.3) is 5.91 Å². The summed E-state index contributed by atoms with van der Waals surface area (Å²) >= 11 is 5.26. The molecule has 154 valence electrons. The molecule has 5 nitrogen and oxygen atoms in total. The van der Waals surface area contributed by atoms with Gasteiger partial charge in [0.15, 0.2) is 5.11 Å². The minimum atomic E-state index is -0.269. The molecule has 0 unspecified atom stereocenters. The lowest BCUT2D eigenvalue weighted by Gasteiger charge is -2.11. The fourth-order valence-electron chi connectivity index (χ4n) is 2.70. The molecule has 3 aromatic rings. The molecule has 0 aliphatic rings. The second-order valence-electron chi connectivity index (χ2n) is 6.70. The maximum atomic E-state index is 12.4. The molecule has 0 aliphatic heterocycles. The SMILES string of the molecule is CCCCOc1ccc(C(=O)NC(=S)Nc2ccc(Nc3ccccc3)cc2)cc1. The molecule has 0 heterocycles. The van der Waals surface area contributed by atoms with Crippen molar-refractivity contribution in [3.05, 3.63) is 84.4 Å². The van der Waals surface area contributed by atoms with Crippen molar-refractivity contribution in [2.45, 2.75) is 19.8 Å². The molecule has 30 heavy (non-hydrogen) atoms. The van der Waals surface area contributed by atoms with Gasteiger partial charge in [-0.15, -0.1) is 0 Å². The molecule has 1 amide bonds. The number of carbonyl (C=O) groups is 1. The van der Waals surface area contributed by atoms with E-state index >= 15 is 0 Å². The van der Waals surface area contributed by atoms with Crippen molar-refractivity contribution in [2.75, 3.05) is 17.2 Å². The highest BCUT2D eigenvalue weighted by molar-refractivity contribution is 7.80. The number of ether oxygens (including phenoxy) is 1. The highest BCUT2D eigenvalue weighted by atomic mass is 32.1. The molecule has 0 saturated heterocycles. The van der Waals surface area contributed by atoms with E-state index in [2.05, 4.69) is 22.9 Å². The molecule has 6 heteroatoms. The van der Waals surface area contributed by atoms with Crippen molar-refractivity contribution < 1.29 is 9.53 Å². The average Bonchev–Trinajstić information content (AvgIpc) is 2.76. The first-order valence-corrected chi connectivity index (χ1v) is 10.3. The van der Waals surface area contributed by atoms with Gasteiger partial charge in [0.2, 0.25) is 0 Å². The Kier molecular flexibility index (Phi) is 7.80. The van der Waals surface area contributed by atoms with Crippen LogP contribution in [0.2, 0.25) is 0 Å². The summed E-state index contributed by atoms with van der Waals surface area (Å²) in [6, 6.07) is 24.6. The maximum absolute atomic E-state index is 12.4. The number of para-hydroxylation sites is 1. The number of nitrogens with one attached hydrogen (secondary N) is 3. The third kappa shape index (κ3) is 6.60. The Hall–Kier alpha value is -3.38. The molecular formula is C24H25N3O2S. The number of thiocarbonyl (C=S) groups is 1. The normalized spacial score (nSPS) is 10.2. The van der Waals surface area contributed by atoms with E-state index in [9.17, 15) is 4.79 Å². The number of hydrogen-bond acceptors (Lipinski definition) is 4. The summed E-state index contributed by atoms with van der Waals surface area (Å²) in [5.74, 6) is 0.486. The van der Waals surface area contributed by atoms with Gasteiger partial charge in [-0.05, 0) is 79.3 Å². The highest BCUT2D eigenvalue weighted by Gasteiger charge is 2.08. The lowest BCUT2D eigenvalue weighted by atomic mass is 10.2. The molecule has 0 atom stereocenters. The molecule has 3 aromatic carbocycles. The van der Waals surface area contributed by atoms with Crippen LogP contribution in [0.5, 0.6) is 5.75 Å². The van der Waals surface area contributed by atoms with Crippen LogP contribution in [0, 0.1) is 0 Å². The van der Waals surface area contributed by atoms with Gasteiger partial charge in [-0.2, -0.15) is 0 Å². The fourth-order valence-corrected chi connectivity index (χ4v) is 2.91. The molecule has 0 aromatic heterocycles. The van der Waals surface area contributed by atoms with E-state index in [0.717, 1.165) is 35.7 Å². The molecule has 0 aliphatic carbocycles. The zero-order valence-electron chi connectivity index (χ0n) is 16.9. The minimum Gasteiger partial charge on any atom is -0.494 e. The van der Waals surface area contributed by atoms with E-state index in [1.165, 1.54) is 0 Å². The monoisotopic (exact) mass is 419 g/mol. The second-order valence-corrected chi connectivity index (χ2v) is 7.11. The number of hydrogen-bond donors (Lipinski definition) is 3. The lowest BCUT2D eigenvalue weighted by Crippen LogP contribution is -2.34. The minimum absolute atomic E-state index is 0.243. The van der Waals surface area contributed by atoms with Crippen LogP contribution in [0.25, 0.3) is 0 Å². The van der Waals surface area contributed by atoms with Crippen molar-refractivity contribution >= 4 is 40.3 Å². The van der Waals surface area contributed by atoms with E-state index in [0.29, 0.717) is 12.2 Å². The van der Waals surface area contributed by atoms with Crippen LogP contribution in [0.1, 0.15) is 30.1 Å². The zero-order chi connectivity index (χ0) is 21.2. The predicted molar refractivity (Wildman–Crippen MR) is 127 cm³/mol. The van der Waals surface area contributed by atoms with Gasteiger partial charge < -0.3 is 15.4 Å². The van der Waals surface area contributed by atoms with Crippen molar-refractivity contribution in [1.29, 1.82) is 0 Å². The van der Waals surface area contributed by atoms with E-state index in [1.54, 1.807) is 24.3 Å². The van der Waals surface area contributed by atoms with Gasteiger partial charge >= 0.3 is 0 Å². The quantitative estimate of drug-likeness (QED) is 0.321. The average molecular weight is 420 g/mol. The van der Waals surface area contributed by atoms with Gasteiger partial charge in [0.1, 0.15) is 5.75 Å². The van der Waals surface area contributed by atoms with Gasteiger partial charge in [-0.3, -0.25) is 10.1 Å². The van der Waals surface area contributed by atoms with Gasteiger partial charge in [-0.1, -0.05) is 31.5 Å². The standard InChI is InChI=1S/C24H25N3O2S/c1-2-3-17-29-22-15-9-18(10-16-22)23(28)27-24(30)26-21-13-11-20(12-14-21)25-19-7-5-4-6-8-19/h4-16,25H,2-3,17H2,1H3,(H2,26,27,28,30). The van der Waals surface area contributed by atoms with E-state index in [1.807, 2.05) is 54.6 Å². The van der Waals surface area contributed by atoms with Crippen LogP contribution in [0.3, 0.4) is 0 Å². The Morgan fingerprint density at radius 1 is 0.867 bits per heavy atom. The highest BCUT2D eigenvalue weighted by Crippen LogP contribution is 2.18. The number of benzene rings is 3. The second kappa shape index (κ2) is 11.0. The van der Waals surface area contributed by atoms with E-state index in [4.69, 9.17) is 17.0 Å². The molecule has 3 rings (SSSR count). The molecule has 0 saturated carbocycles. The Labute approximate surface area is 182 Å². The molecular weight excluding hydrogens is 394 g/mol. The van der Waals surface area contributed by atoms with Crippen LogP contribution in [0.4, 0.5) is 17.1 Å². The summed E-state index contributed by atoms with van der Waals surface area (Å²) < 4.78 is 5.61. The van der Waals surface area contributed by atoms with Crippen molar-refractivity contribution in [3.63, 3.8) is 0 Å². The lowest BCUT2D eigenvalue weighted by molar-refractivity contribution is 0.0977. The first-order valence-electron chi connectivity index (χ1n) is 9.91. The number of unbranched alkanes of at least 4 members (excludes halogenated alkanes) is 1. The van der Waals surface area contributed by atoms with Gasteiger partial charge in [0.05, 0.1) is 6.61 Å². The van der Waals surface area contributed by atoms with Crippen molar-refractivity contribution in [3.8, 4) is 5.75 Å². The number of amides is 1. The molecule has 0 spiro atoms. The first-order chi connectivity index (χ1) is 14.6. The van der Waals surface area contributed by atoms with Crippen LogP contribution >= 0.6 is 12.2 Å². The smallest absolute Gasteiger partial charge is 0.257 e. The summed E-state index contributed by atoms with van der Waals surface area (Å²) in [7, 11) is 0. The van der Waals surface area contributed by atoms with Crippen LogP contribution in [0.15, 0.2) is 78.9 Å². The summed E-state index contributed by atoms with van der Waals surface area (Å²) in [4.78, 5) is 12.4. The van der Waals surface area contributed by atoms with Crippen LogP contribution in [-0.4, -0.2) is 17.6 Å². The summed E-state index contributed by atoms with van der Waals surface area (Å²) in [6.45, 7) is 2.79. The van der Waals surface area contributed by atoms with Crippen molar-refractivity contribution in [2.24, 2.45) is 0 Å². The molecule has 0 radical (unpaired) electrons. The topological polar surface area (TPSA) is 62.4 Å². The Morgan fingerprint density at radius 3 is 2.17 bits per heavy atom. The third-order valence-corrected chi connectivity index (χ3v) is 4.52.